The van der Waals surface area contributed by atoms with Crippen LogP contribution in [0.4, 0.5) is 0 Å². The second-order valence-corrected chi connectivity index (χ2v) is 3.48. The number of nitrogens with zero attached hydrogens (tertiary/aromatic N) is 2. The Morgan fingerprint density at radius 3 is 2.57 bits per heavy atom. The van der Waals surface area contributed by atoms with Crippen LogP contribution in [0.2, 0.25) is 0 Å². The molecule has 0 N–H and O–H groups in total. The molecule has 1 atom stereocenters. The molecule has 74 valence electrons. The molecule has 0 aromatic carbocycles. The maximum absolute atomic E-state index is 11.7. The third-order valence-corrected chi connectivity index (χ3v) is 2.61. The molecular formula is C10H12N2O2. The van der Waals surface area contributed by atoms with Gasteiger partial charge in [0.1, 0.15) is 6.04 Å². The summed E-state index contributed by atoms with van der Waals surface area (Å²) in [4.78, 5) is 24.2. The van der Waals surface area contributed by atoms with Crippen molar-refractivity contribution in [3.8, 4) is 0 Å². The van der Waals surface area contributed by atoms with Crippen LogP contribution in [-0.2, 0) is 9.59 Å². The largest absolute Gasteiger partial charge is 0.342 e. The summed E-state index contributed by atoms with van der Waals surface area (Å²) in [6, 6.07) is 3.56. The molecule has 0 bridgehead atoms. The van der Waals surface area contributed by atoms with E-state index >= 15 is 0 Å². The third kappa shape index (κ3) is 1.32. The van der Waals surface area contributed by atoms with Crippen LogP contribution >= 0.6 is 0 Å². The normalized spacial score (nSPS) is 22.9. The third-order valence-electron chi connectivity index (χ3n) is 2.61. The molecule has 1 unspecified atom stereocenters. The first-order chi connectivity index (χ1) is 6.70. The molecule has 0 radical (unpaired) electrons. The fraction of sp³-hybridized carbons (Fsp3) is 0.400. The Hall–Kier alpha value is -1.58. The molecule has 2 heterocycles. The molecule has 4 heteroatoms. The smallest absolute Gasteiger partial charge is 0.251 e. The predicted molar refractivity (Wildman–Crippen MR) is 50.5 cm³/mol. The van der Waals surface area contributed by atoms with Crippen molar-refractivity contribution >= 4 is 11.8 Å². The number of hydrogen-bond donors (Lipinski definition) is 0. The van der Waals surface area contributed by atoms with Gasteiger partial charge in [0.25, 0.3) is 5.91 Å². The maximum Gasteiger partial charge on any atom is 0.251 e. The summed E-state index contributed by atoms with van der Waals surface area (Å²) >= 11 is 0. The van der Waals surface area contributed by atoms with E-state index in [0.29, 0.717) is 12.8 Å². The molecule has 1 aromatic rings. The van der Waals surface area contributed by atoms with Crippen LogP contribution in [0.25, 0.3) is 0 Å². The van der Waals surface area contributed by atoms with E-state index in [1.54, 1.807) is 7.05 Å². The van der Waals surface area contributed by atoms with Crippen molar-refractivity contribution in [1.82, 2.24) is 9.47 Å². The van der Waals surface area contributed by atoms with E-state index in [0.717, 1.165) is 0 Å². The highest BCUT2D eigenvalue weighted by Gasteiger charge is 2.32. The van der Waals surface area contributed by atoms with Gasteiger partial charge in [0.05, 0.1) is 0 Å². The maximum atomic E-state index is 11.7. The number of imide groups is 1. The van der Waals surface area contributed by atoms with Gasteiger partial charge in [-0.2, -0.15) is 0 Å². The van der Waals surface area contributed by atoms with Gasteiger partial charge in [0.2, 0.25) is 5.91 Å². The van der Waals surface area contributed by atoms with Crippen molar-refractivity contribution in [2.45, 2.75) is 18.9 Å². The van der Waals surface area contributed by atoms with Crippen molar-refractivity contribution in [2.75, 3.05) is 7.05 Å². The summed E-state index contributed by atoms with van der Waals surface area (Å²) in [6.45, 7) is 0. The number of carbonyl (C=O) groups excluding carboxylic acids is 2. The Kier molecular flexibility index (Phi) is 2.11. The zero-order chi connectivity index (χ0) is 10.1. The zero-order valence-corrected chi connectivity index (χ0v) is 8.01. The molecule has 1 saturated heterocycles. The minimum atomic E-state index is -0.201. The van der Waals surface area contributed by atoms with Gasteiger partial charge >= 0.3 is 0 Å². The lowest BCUT2D eigenvalue weighted by molar-refractivity contribution is -0.149. The van der Waals surface area contributed by atoms with Crippen LogP contribution in [0.15, 0.2) is 24.5 Å². The highest BCUT2D eigenvalue weighted by Crippen LogP contribution is 2.22. The Bertz CT molecular complexity index is 356. The standard InChI is InChI=1S/C10H12N2O2/c1-11-9(13)5-4-8(10(11)14)12-6-2-3-7-12/h2-3,6-8H,4-5H2,1H3. The van der Waals surface area contributed by atoms with Crippen LogP contribution in [-0.4, -0.2) is 28.3 Å². The molecule has 0 aliphatic carbocycles. The van der Waals surface area contributed by atoms with Gasteiger partial charge in [0, 0.05) is 25.9 Å². The van der Waals surface area contributed by atoms with Gasteiger partial charge in [-0.05, 0) is 18.6 Å². The summed E-state index contributed by atoms with van der Waals surface area (Å²) < 4.78 is 1.85. The van der Waals surface area contributed by atoms with Gasteiger partial charge in [-0.1, -0.05) is 0 Å². The first-order valence-corrected chi connectivity index (χ1v) is 4.63. The Morgan fingerprint density at radius 1 is 1.29 bits per heavy atom. The Labute approximate surface area is 82.1 Å². The number of likely N-dealkylation sites (N-methyl/N-ethyl adjacent to an activating group) is 1. The van der Waals surface area contributed by atoms with Gasteiger partial charge in [-0.15, -0.1) is 0 Å². The average molecular weight is 192 g/mol. The summed E-state index contributed by atoms with van der Waals surface area (Å²) in [5, 5.41) is 0. The van der Waals surface area contributed by atoms with Crippen LogP contribution in [0, 0.1) is 0 Å². The topological polar surface area (TPSA) is 42.3 Å². The second-order valence-electron chi connectivity index (χ2n) is 3.48. The van der Waals surface area contributed by atoms with E-state index in [1.165, 1.54) is 4.90 Å². The minimum Gasteiger partial charge on any atom is -0.342 e. The van der Waals surface area contributed by atoms with E-state index in [1.807, 2.05) is 29.1 Å². The van der Waals surface area contributed by atoms with E-state index in [-0.39, 0.29) is 17.9 Å². The van der Waals surface area contributed by atoms with E-state index < -0.39 is 0 Å². The molecule has 2 amide bonds. The first kappa shape index (κ1) is 8.99. The van der Waals surface area contributed by atoms with Crippen molar-refractivity contribution in [1.29, 1.82) is 0 Å². The molecule has 14 heavy (non-hydrogen) atoms. The molecule has 1 fully saturated rings. The van der Waals surface area contributed by atoms with Crippen molar-refractivity contribution in [3.63, 3.8) is 0 Å². The number of likely N-dealkylation sites (tertiary alicyclic amines) is 1. The first-order valence-electron chi connectivity index (χ1n) is 4.63. The lowest BCUT2D eigenvalue weighted by atomic mass is 10.0. The highest BCUT2D eigenvalue weighted by atomic mass is 16.2. The van der Waals surface area contributed by atoms with E-state index in [2.05, 4.69) is 0 Å². The van der Waals surface area contributed by atoms with Crippen LogP contribution in [0.5, 0.6) is 0 Å². The van der Waals surface area contributed by atoms with Gasteiger partial charge < -0.3 is 4.57 Å². The van der Waals surface area contributed by atoms with Crippen molar-refractivity contribution < 1.29 is 9.59 Å². The van der Waals surface area contributed by atoms with Gasteiger partial charge in [0.15, 0.2) is 0 Å². The number of piperidine rings is 1. The fourth-order valence-corrected chi connectivity index (χ4v) is 1.73. The number of carbonyl (C=O) groups is 2. The number of aromatic nitrogens is 1. The number of hydrogen-bond acceptors (Lipinski definition) is 2. The molecule has 0 saturated carbocycles. The lowest BCUT2D eigenvalue weighted by Crippen LogP contribution is -2.42. The van der Waals surface area contributed by atoms with E-state index in [4.69, 9.17) is 0 Å². The molecule has 1 aliphatic heterocycles. The minimum absolute atomic E-state index is 0.0848. The Balaban J connectivity index is 2.23. The van der Waals surface area contributed by atoms with Gasteiger partial charge in [-0.25, -0.2) is 0 Å². The quantitative estimate of drug-likeness (QED) is 0.618. The molecule has 1 aliphatic rings. The molecule has 4 nitrogen and oxygen atoms in total. The number of rotatable bonds is 1. The molecule has 0 spiro atoms. The van der Waals surface area contributed by atoms with Gasteiger partial charge in [-0.3, -0.25) is 14.5 Å². The summed E-state index contributed by atoms with van der Waals surface area (Å²) in [5.41, 5.74) is 0. The SMILES string of the molecule is CN1C(=O)CCC(n2cccc2)C1=O. The summed E-state index contributed by atoms with van der Waals surface area (Å²) in [6.07, 6.45) is 4.76. The molecule has 2 rings (SSSR count). The fourth-order valence-electron chi connectivity index (χ4n) is 1.73. The molecular weight excluding hydrogens is 180 g/mol. The lowest BCUT2D eigenvalue weighted by Gasteiger charge is -2.28. The van der Waals surface area contributed by atoms with E-state index in [9.17, 15) is 9.59 Å². The van der Waals surface area contributed by atoms with Crippen molar-refractivity contribution in [3.05, 3.63) is 24.5 Å². The summed E-state index contributed by atoms with van der Waals surface area (Å²) in [5.74, 6) is -0.198. The average Bonchev–Trinajstić information content (AvgIpc) is 2.67. The zero-order valence-electron chi connectivity index (χ0n) is 8.01. The van der Waals surface area contributed by atoms with Crippen LogP contribution < -0.4 is 0 Å². The highest BCUT2D eigenvalue weighted by molar-refractivity contribution is 5.99. The Morgan fingerprint density at radius 2 is 1.93 bits per heavy atom. The van der Waals surface area contributed by atoms with Crippen LogP contribution in [0.3, 0.4) is 0 Å². The number of amides is 2. The summed E-state index contributed by atoms with van der Waals surface area (Å²) in [7, 11) is 1.54. The van der Waals surface area contributed by atoms with Crippen molar-refractivity contribution in [2.24, 2.45) is 0 Å². The second kappa shape index (κ2) is 3.29. The molecule has 1 aromatic heterocycles. The predicted octanol–water partition coefficient (Wildman–Crippen LogP) is 0.808. The monoisotopic (exact) mass is 192 g/mol. The van der Waals surface area contributed by atoms with Crippen LogP contribution in [0.1, 0.15) is 18.9 Å².